The first-order chi connectivity index (χ1) is 9.60. The summed E-state index contributed by atoms with van der Waals surface area (Å²) < 4.78 is 11.6. The summed E-state index contributed by atoms with van der Waals surface area (Å²) in [4.78, 5) is 0. The number of hydrogen-bond acceptors (Lipinski definition) is 3. The number of nitrogens with two attached hydrogens (primary N) is 1. The maximum Gasteiger partial charge on any atom is 0.127 e. The van der Waals surface area contributed by atoms with Crippen LogP contribution in [0.15, 0.2) is 40.9 Å². The maximum atomic E-state index is 6.37. The van der Waals surface area contributed by atoms with E-state index in [2.05, 4.69) is 15.9 Å². The third-order valence-corrected chi connectivity index (χ3v) is 4.40. The lowest BCUT2D eigenvalue weighted by molar-refractivity contribution is 0.382. The zero-order valence-corrected chi connectivity index (χ0v) is 13.5. The van der Waals surface area contributed by atoms with Gasteiger partial charge in [-0.15, -0.1) is 0 Å². The Morgan fingerprint density at radius 3 is 2.15 bits per heavy atom. The molecule has 0 heterocycles. The summed E-state index contributed by atoms with van der Waals surface area (Å²) in [5.74, 6) is 1.35. The minimum Gasteiger partial charge on any atom is -0.496 e. The van der Waals surface area contributed by atoms with Crippen LogP contribution in [0.1, 0.15) is 17.2 Å². The molecule has 1 atom stereocenters. The van der Waals surface area contributed by atoms with Gasteiger partial charge in [0.1, 0.15) is 11.5 Å². The lowest BCUT2D eigenvalue weighted by Crippen LogP contribution is -2.15. The van der Waals surface area contributed by atoms with Crippen molar-refractivity contribution in [2.24, 2.45) is 5.73 Å². The summed E-state index contributed by atoms with van der Waals surface area (Å²) in [5.41, 5.74) is 7.96. The Balaban J connectivity index is 2.58. The molecule has 3 nitrogen and oxygen atoms in total. The number of methoxy groups -OCH3 is 2. The smallest absolute Gasteiger partial charge is 0.127 e. The highest BCUT2D eigenvalue weighted by atomic mass is 79.9. The summed E-state index contributed by atoms with van der Waals surface area (Å²) in [7, 11) is 3.21. The Morgan fingerprint density at radius 2 is 1.60 bits per heavy atom. The molecular weight excluding hydrogens is 342 g/mol. The van der Waals surface area contributed by atoms with Gasteiger partial charge >= 0.3 is 0 Å². The largest absolute Gasteiger partial charge is 0.496 e. The summed E-state index contributed by atoms with van der Waals surface area (Å²) in [6, 6.07) is 10.8. The average Bonchev–Trinajstić information content (AvgIpc) is 2.48. The van der Waals surface area contributed by atoms with E-state index in [1.165, 1.54) is 0 Å². The summed E-state index contributed by atoms with van der Waals surface area (Å²) in [5, 5.41) is 0.591. The van der Waals surface area contributed by atoms with E-state index in [0.29, 0.717) is 16.5 Å². The van der Waals surface area contributed by atoms with Crippen LogP contribution in [0, 0.1) is 0 Å². The number of rotatable bonds is 4. The van der Waals surface area contributed by atoms with Crippen LogP contribution in [0.3, 0.4) is 0 Å². The van der Waals surface area contributed by atoms with Gasteiger partial charge in [0.05, 0.1) is 30.8 Å². The highest BCUT2D eigenvalue weighted by molar-refractivity contribution is 9.10. The second-order valence-corrected chi connectivity index (χ2v) is 5.43. The van der Waals surface area contributed by atoms with E-state index in [-0.39, 0.29) is 0 Å². The summed E-state index contributed by atoms with van der Waals surface area (Å²) in [6.07, 6.45) is 0. The second-order valence-electron chi connectivity index (χ2n) is 4.20. The Morgan fingerprint density at radius 1 is 1.05 bits per heavy atom. The van der Waals surface area contributed by atoms with Gasteiger partial charge in [-0.25, -0.2) is 0 Å². The van der Waals surface area contributed by atoms with Crippen molar-refractivity contribution in [2.75, 3.05) is 14.2 Å². The van der Waals surface area contributed by atoms with E-state index in [1.807, 2.05) is 36.4 Å². The Hall–Kier alpha value is -1.23. The van der Waals surface area contributed by atoms with Crippen LogP contribution in [0.4, 0.5) is 0 Å². The minimum atomic E-state index is -0.439. The highest BCUT2D eigenvalue weighted by Crippen LogP contribution is 2.39. The second kappa shape index (κ2) is 6.48. The van der Waals surface area contributed by atoms with Crippen molar-refractivity contribution in [3.63, 3.8) is 0 Å². The first-order valence-corrected chi connectivity index (χ1v) is 7.17. The van der Waals surface area contributed by atoms with Gasteiger partial charge in [0.15, 0.2) is 0 Å². The fourth-order valence-corrected chi connectivity index (χ4v) is 2.73. The third kappa shape index (κ3) is 2.77. The quantitative estimate of drug-likeness (QED) is 0.894. The van der Waals surface area contributed by atoms with E-state index in [4.69, 9.17) is 26.8 Å². The van der Waals surface area contributed by atoms with Crippen LogP contribution in [0.5, 0.6) is 11.5 Å². The van der Waals surface area contributed by atoms with Crippen LogP contribution >= 0.6 is 27.5 Å². The normalized spacial score (nSPS) is 12.1. The molecule has 2 aromatic rings. The van der Waals surface area contributed by atoms with E-state index < -0.39 is 6.04 Å². The number of halogens is 2. The predicted molar refractivity (Wildman–Crippen MR) is 84.7 cm³/mol. The van der Waals surface area contributed by atoms with Crippen molar-refractivity contribution in [3.05, 3.63) is 57.0 Å². The zero-order valence-electron chi connectivity index (χ0n) is 11.2. The molecule has 2 rings (SSSR count). The van der Waals surface area contributed by atoms with Crippen molar-refractivity contribution < 1.29 is 9.47 Å². The predicted octanol–water partition coefficient (Wildman–Crippen LogP) is 4.17. The van der Waals surface area contributed by atoms with Gasteiger partial charge in [-0.05, 0) is 39.7 Å². The molecule has 2 aromatic carbocycles. The number of benzene rings is 2. The van der Waals surface area contributed by atoms with Crippen molar-refractivity contribution in [3.8, 4) is 11.5 Å². The van der Waals surface area contributed by atoms with E-state index >= 15 is 0 Å². The van der Waals surface area contributed by atoms with E-state index in [0.717, 1.165) is 15.6 Å². The van der Waals surface area contributed by atoms with Crippen molar-refractivity contribution >= 4 is 27.5 Å². The molecule has 106 valence electrons. The molecule has 1 unspecified atom stereocenters. The molecule has 0 saturated heterocycles. The Kier molecular flexibility index (Phi) is 4.91. The topological polar surface area (TPSA) is 44.5 Å². The van der Waals surface area contributed by atoms with Crippen LogP contribution in [-0.2, 0) is 0 Å². The molecule has 0 aliphatic carbocycles. The van der Waals surface area contributed by atoms with E-state index in [9.17, 15) is 0 Å². The molecule has 2 N–H and O–H groups in total. The summed E-state index contributed by atoms with van der Waals surface area (Å²) >= 11 is 9.73. The zero-order chi connectivity index (χ0) is 14.7. The fourth-order valence-electron chi connectivity index (χ4n) is 2.10. The molecular formula is C15H15BrClNO2. The first kappa shape index (κ1) is 15.2. The van der Waals surface area contributed by atoms with Crippen molar-refractivity contribution in [1.82, 2.24) is 0 Å². The van der Waals surface area contributed by atoms with Crippen LogP contribution in [0.25, 0.3) is 0 Å². The molecule has 0 aliphatic heterocycles. The molecule has 0 radical (unpaired) electrons. The Bertz CT molecular complexity index is 597. The molecule has 0 aliphatic rings. The molecule has 0 fully saturated rings. The lowest BCUT2D eigenvalue weighted by atomic mass is 9.97. The van der Waals surface area contributed by atoms with Gasteiger partial charge in [0.2, 0.25) is 0 Å². The summed E-state index contributed by atoms with van der Waals surface area (Å²) in [6.45, 7) is 0. The molecule has 0 saturated carbocycles. The Labute approximate surface area is 131 Å². The van der Waals surface area contributed by atoms with Crippen LogP contribution in [-0.4, -0.2) is 14.2 Å². The van der Waals surface area contributed by atoms with Gasteiger partial charge in [0, 0.05) is 4.47 Å². The SMILES string of the molecule is COc1cccc(OC)c1C(N)c1cccc(Br)c1Cl. The van der Waals surface area contributed by atoms with Gasteiger partial charge in [-0.2, -0.15) is 0 Å². The first-order valence-electron chi connectivity index (χ1n) is 6.00. The third-order valence-electron chi connectivity index (χ3n) is 3.09. The van der Waals surface area contributed by atoms with Crippen LogP contribution in [0.2, 0.25) is 5.02 Å². The molecule has 0 amide bonds. The van der Waals surface area contributed by atoms with Crippen LogP contribution < -0.4 is 15.2 Å². The highest BCUT2D eigenvalue weighted by Gasteiger charge is 2.21. The monoisotopic (exact) mass is 355 g/mol. The van der Waals surface area contributed by atoms with Crippen molar-refractivity contribution in [1.29, 1.82) is 0 Å². The standard InChI is InChI=1S/C15H15BrClNO2/c1-19-11-7-4-8-12(20-2)13(11)15(18)9-5-3-6-10(16)14(9)17/h3-8,15H,18H2,1-2H3. The van der Waals surface area contributed by atoms with E-state index in [1.54, 1.807) is 14.2 Å². The van der Waals surface area contributed by atoms with Gasteiger partial charge in [-0.1, -0.05) is 29.8 Å². The molecule has 0 spiro atoms. The lowest BCUT2D eigenvalue weighted by Gasteiger charge is -2.20. The molecule has 0 aromatic heterocycles. The average molecular weight is 357 g/mol. The maximum absolute atomic E-state index is 6.37. The number of hydrogen-bond donors (Lipinski definition) is 1. The minimum absolute atomic E-state index is 0.439. The molecule has 20 heavy (non-hydrogen) atoms. The molecule has 5 heteroatoms. The fraction of sp³-hybridized carbons (Fsp3) is 0.200. The molecule has 0 bridgehead atoms. The van der Waals surface area contributed by atoms with Gasteiger partial charge < -0.3 is 15.2 Å². The van der Waals surface area contributed by atoms with Gasteiger partial charge in [0.25, 0.3) is 0 Å². The van der Waals surface area contributed by atoms with Gasteiger partial charge in [-0.3, -0.25) is 0 Å². The van der Waals surface area contributed by atoms with Crippen molar-refractivity contribution in [2.45, 2.75) is 6.04 Å². The number of ether oxygens (including phenoxy) is 2.